The van der Waals surface area contributed by atoms with Crippen LogP contribution >= 0.6 is 11.8 Å². The number of hydrogen-bond donors (Lipinski definition) is 1. The van der Waals surface area contributed by atoms with Crippen molar-refractivity contribution in [3.8, 4) is 0 Å². The van der Waals surface area contributed by atoms with Crippen molar-refractivity contribution in [3.05, 3.63) is 23.0 Å². The summed E-state index contributed by atoms with van der Waals surface area (Å²) in [6.45, 7) is 4.96. The van der Waals surface area contributed by atoms with Gasteiger partial charge in [-0.2, -0.15) is 0 Å². The summed E-state index contributed by atoms with van der Waals surface area (Å²) in [5.74, 6) is -0.885. The van der Waals surface area contributed by atoms with E-state index >= 15 is 0 Å². The summed E-state index contributed by atoms with van der Waals surface area (Å²) < 4.78 is 0. The van der Waals surface area contributed by atoms with Crippen molar-refractivity contribution in [2.45, 2.75) is 6.92 Å². The second-order valence-electron chi connectivity index (χ2n) is 1.41. The van der Waals surface area contributed by atoms with Gasteiger partial charge in [0.05, 0.1) is 0 Å². The zero-order valence-corrected chi connectivity index (χ0v) is 5.94. The molecule has 0 radical (unpaired) electrons. The maximum atomic E-state index is 10.1. The van der Waals surface area contributed by atoms with Crippen LogP contribution in [0.15, 0.2) is 23.0 Å². The third-order valence-electron chi connectivity index (χ3n) is 0.678. The maximum absolute atomic E-state index is 10.1. The van der Waals surface area contributed by atoms with Gasteiger partial charge in [-0.25, -0.2) is 4.79 Å². The highest BCUT2D eigenvalue weighted by atomic mass is 32.2. The van der Waals surface area contributed by atoms with Crippen LogP contribution in [0, 0.1) is 0 Å². The van der Waals surface area contributed by atoms with E-state index in [4.69, 9.17) is 5.11 Å². The summed E-state index contributed by atoms with van der Waals surface area (Å²) in [4.78, 5) is 10.1. The van der Waals surface area contributed by atoms with E-state index in [9.17, 15) is 4.79 Å². The number of thioether (sulfide) groups is 1. The van der Waals surface area contributed by atoms with Crippen LogP contribution in [0.2, 0.25) is 0 Å². The summed E-state index contributed by atoms with van der Waals surface area (Å²) in [5, 5.41) is 11.4. The van der Waals surface area contributed by atoms with E-state index in [2.05, 4.69) is 6.58 Å². The van der Waals surface area contributed by atoms with E-state index in [1.807, 2.05) is 0 Å². The Bertz CT molecular complexity index is 149. The minimum absolute atomic E-state index is 0.333. The topological polar surface area (TPSA) is 37.3 Å². The summed E-state index contributed by atoms with van der Waals surface area (Å²) >= 11 is 1.27. The van der Waals surface area contributed by atoms with Crippen molar-refractivity contribution < 1.29 is 9.90 Å². The molecule has 0 spiro atoms. The molecule has 0 heterocycles. The Labute approximate surface area is 58.3 Å². The van der Waals surface area contributed by atoms with Gasteiger partial charge in [0, 0.05) is 5.57 Å². The van der Waals surface area contributed by atoms with Crippen molar-refractivity contribution in [2.75, 3.05) is 0 Å². The molecule has 0 fully saturated rings. The van der Waals surface area contributed by atoms with Crippen molar-refractivity contribution >= 4 is 17.7 Å². The average molecular weight is 144 g/mol. The number of carbonyl (C=O) groups is 1. The lowest BCUT2D eigenvalue weighted by molar-refractivity contribution is -0.132. The van der Waals surface area contributed by atoms with E-state index in [-0.39, 0.29) is 0 Å². The van der Waals surface area contributed by atoms with Gasteiger partial charge in [0.2, 0.25) is 0 Å². The fourth-order valence-corrected chi connectivity index (χ4v) is 0.602. The number of carboxylic acids is 1. The van der Waals surface area contributed by atoms with Crippen LogP contribution in [0.1, 0.15) is 6.92 Å². The average Bonchev–Trinajstić information content (AvgIpc) is 1.82. The van der Waals surface area contributed by atoms with Crippen molar-refractivity contribution in [1.29, 1.82) is 0 Å². The van der Waals surface area contributed by atoms with Crippen LogP contribution in [0.5, 0.6) is 0 Å². The zero-order valence-electron chi connectivity index (χ0n) is 5.13. The van der Waals surface area contributed by atoms with Crippen molar-refractivity contribution in [1.82, 2.24) is 0 Å². The minimum Gasteiger partial charge on any atom is -0.478 e. The number of carboxylic acid groups (broad SMARTS) is 1. The quantitative estimate of drug-likeness (QED) is 0.614. The lowest BCUT2D eigenvalue weighted by Gasteiger charge is -1.87. The molecule has 3 heteroatoms. The SMILES string of the molecule is C=CS/C=C(\C)C(=O)O. The molecule has 9 heavy (non-hydrogen) atoms. The Hall–Kier alpha value is -0.700. The molecule has 0 saturated carbocycles. The zero-order chi connectivity index (χ0) is 7.28. The first-order valence-corrected chi connectivity index (χ1v) is 3.29. The second-order valence-corrected chi connectivity index (χ2v) is 2.25. The Kier molecular flexibility index (Phi) is 3.88. The van der Waals surface area contributed by atoms with Crippen LogP contribution < -0.4 is 0 Å². The molecule has 2 nitrogen and oxygen atoms in total. The molecule has 0 saturated heterocycles. The van der Waals surface area contributed by atoms with Gasteiger partial charge in [-0.15, -0.1) is 11.8 Å². The van der Waals surface area contributed by atoms with Gasteiger partial charge >= 0.3 is 5.97 Å². The highest BCUT2D eigenvalue weighted by molar-refractivity contribution is 8.04. The monoisotopic (exact) mass is 144 g/mol. The Morgan fingerprint density at radius 2 is 2.33 bits per heavy atom. The van der Waals surface area contributed by atoms with Gasteiger partial charge in [0.25, 0.3) is 0 Å². The van der Waals surface area contributed by atoms with Crippen LogP contribution in [0.4, 0.5) is 0 Å². The normalized spacial score (nSPS) is 11.0. The predicted molar refractivity (Wildman–Crippen MR) is 39.2 cm³/mol. The molecule has 1 N–H and O–H groups in total. The van der Waals surface area contributed by atoms with Gasteiger partial charge in [-0.1, -0.05) is 6.58 Å². The van der Waals surface area contributed by atoms with E-state index in [0.717, 1.165) is 0 Å². The highest BCUT2D eigenvalue weighted by Crippen LogP contribution is 2.06. The lowest BCUT2D eigenvalue weighted by Crippen LogP contribution is -1.94. The minimum atomic E-state index is -0.885. The first-order chi connectivity index (χ1) is 4.18. The first kappa shape index (κ1) is 8.30. The molecule has 0 aromatic rings. The maximum Gasteiger partial charge on any atom is 0.331 e. The Morgan fingerprint density at radius 3 is 2.67 bits per heavy atom. The van der Waals surface area contributed by atoms with Gasteiger partial charge in [-0.3, -0.25) is 0 Å². The van der Waals surface area contributed by atoms with E-state index in [1.54, 1.807) is 12.3 Å². The second kappa shape index (κ2) is 4.21. The molecule has 0 aliphatic rings. The predicted octanol–water partition coefficient (Wildman–Crippen LogP) is 1.85. The highest BCUT2D eigenvalue weighted by Gasteiger charge is 1.95. The third kappa shape index (κ3) is 3.85. The van der Waals surface area contributed by atoms with Gasteiger partial charge in [0.1, 0.15) is 0 Å². The summed E-state index contributed by atoms with van der Waals surface area (Å²) in [6.07, 6.45) is 0. The van der Waals surface area contributed by atoms with Gasteiger partial charge in [0.15, 0.2) is 0 Å². The largest absolute Gasteiger partial charge is 0.478 e. The number of aliphatic carboxylic acids is 1. The third-order valence-corrected chi connectivity index (χ3v) is 1.36. The molecule has 0 bridgehead atoms. The van der Waals surface area contributed by atoms with Crippen LogP contribution in [0.3, 0.4) is 0 Å². The fourth-order valence-electron chi connectivity index (χ4n) is 0.201. The van der Waals surface area contributed by atoms with Crippen molar-refractivity contribution in [3.63, 3.8) is 0 Å². The van der Waals surface area contributed by atoms with Gasteiger partial charge < -0.3 is 5.11 Å². The fraction of sp³-hybridized carbons (Fsp3) is 0.167. The number of hydrogen-bond acceptors (Lipinski definition) is 2. The Morgan fingerprint density at radius 1 is 1.78 bits per heavy atom. The number of rotatable bonds is 3. The standard InChI is InChI=1S/C6H8O2S/c1-3-9-4-5(2)6(7)8/h3-4H,1H2,2H3,(H,7,8)/b5-4+. The molecule has 0 aromatic carbocycles. The summed E-state index contributed by atoms with van der Waals surface area (Å²) in [7, 11) is 0. The molecule has 0 atom stereocenters. The smallest absolute Gasteiger partial charge is 0.331 e. The van der Waals surface area contributed by atoms with E-state index in [0.29, 0.717) is 5.57 Å². The molecule has 0 unspecified atom stereocenters. The first-order valence-electron chi connectivity index (χ1n) is 2.35. The van der Waals surface area contributed by atoms with E-state index in [1.165, 1.54) is 17.2 Å². The molecule has 0 aliphatic heterocycles. The molecule has 0 aromatic heterocycles. The molecular weight excluding hydrogens is 136 g/mol. The Balaban J connectivity index is 3.83. The molecule has 50 valence electrons. The van der Waals surface area contributed by atoms with Crippen molar-refractivity contribution in [2.24, 2.45) is 0 Å². The summed E-state index contributed by atoms with van der Waals surface area (Å²) in [5.41, 5.74) is 0.333. The molecule has 0 rings (SSSR count). The van der Waals surface area contributed by atoms with Gasteiger partial charge in [-0.05, 0) is 17.7 Å². The molecule has 0 aliphatic carbocycles. The van der Waals surface area contributed by atoms with Crippen LogP contribution in [-0.4, -0.2) is 11.1 Å². The summed E-state index contributed by atoms with van der Waals surface area (Å²) in [6, 6.07) is 0. The lowest BCUT2D eigenvalue weighted by atomic mass is 10.4. The molecule has 0 amide bonds. The molecular formula is C6H8O2S. The van der Waals surface area contributed by atoms with E-state index < -0.39 is 5.97 Å². The van der Waals surface area contributed by atoms with Crippen LogP contribution in [-0.2, 0) is 4.79 Å². The van der Waals surface area contributed by atoms with Crippen LogP contribution in [0.25, 0.3) is 0 Å².